The van der Waals surface area contributed by atoms with Gasteiger partial charge in [-0.2, -0.15) is 0 Å². The maximum absolute atomic E-state index is 4.83. The minimum atomic E-state index is -0.501. The minimum absolute atomic E-state index is 0.440. The van der Waals surface area contributed by atoms with Crippen LogP contribution in [0.2, 0.25) is 0 Å². The third kappa shape index (κ3) is 3.60. The summed E-state index contributed by atoms with van der Waals surface area (Å²) in [5.74, 6) is 0. The number of hydrogen-bond donors (Lipinski definition) is 0. The number of rotatable bonds is 2. The molecule has 0 N–H and O–H groups in total. The Labute approximate surface area is 314 Å². The highest BCUT2D eigenvalue weighted by molar-refractivity contribution is 5.97. The fraction of sp³-hybridized carbons (Fsp3) is 0.0385. The van der Waals surface area contributed by atoms with E-state index in [2.05, 4.69) is 194 Å². The monoisotopic (exact) mass is 684 g/mol. The van der Waals surface area contributed by atoms with E-state index in [1.165, 1.54) is 77.5 Å². The molecule has 3 aliphatic carbocycles. The molecular weight excluding hydrogens is 653 g/mol. The van der Waals surface area contributed by atoms with Gasteiger partial charge in [0.15, 0.2) is 0 Å². The van der Waals surface area contributed by atoms with Gasteiger partial charge in [0.2, 0.25) is 0 Å². The van der Waals surface area contributed by atoms with Crippen LogP contribution in [0.1, 0.15) is 44.5 Å². The van der Waals surface area contributed by atoms with E-state index in [0.29, 0.717) is 0 Å². The average molecular weight is 685 g/mol. The molecule has 12 rings (SSSR count). The molecule has 0 saturated heterocycles. The lowest BCUT2D eigenvalue weighted by molar-refractivity contribution is 0.633. The van der Waals surface area contributed by atoms with Gasteiger partial charge in [0, 0.05) is 11.1 Å². The molecule has 0 aliphatic heterocycles. The Balaban J connectivity index is 1.09. The SMILES string of the molecule is c1ccc2c(c1)-c1ccccc1C21c2ccccc2C2(c3ccccc3-c3cc(-c4ccc(-c5cccc6ccccc56)nn4)ccc32)c2ccccc21. The Hall–Kier alpha value is -6.90. The molecule has 3 aliphatic rings. The van der Waals surface area contributed by atoms with Crippen molar-refractivity contribution >= 4 is 10.8 Å². The zero-order valence-corrected chi connectivity index (χ0v) is 29.4. The number of hydrogen-bond acceptors (Lipinski definition) is 2. The quantitative estimate of drug-likeness (QED) is 0.181. The van der Waals surface area contributed by atoms with Gasteiger partial charge in [-0.05, 0) is 95.7 Å². The summed E-state index contributed by atoms with van der Waals surface area (Å²) in [5.41, 5.74) is 18.8. The van der Waals surface area contributed by atoms with Crippen LogP contribution in [0.25, 0.3) is 55.5 Å². The summed E-state index contributed by atoms with van der Waals surface area (Å²) in [4.78, 5) is 0. The Morgan fingerprint density at radius 3 is 1.24 bits per heavy atom. The lowest BCUT2D eigenvalue weighted by Crippen LogP contribution is -2.43. The van der Waals surface area contributed by atoms with Gasteiger partial charge in [0.25, 0.3) is 0 Å². The Morgan fingerprint density at radius 1 is 0.278 bits per heavy atom. The molecule has 1 aromatic heterocycles. The molecule has 2 nitrogen and oxygen atoms in total. The van der Waals surface area contributed by atoms with Crippen molar-refractivity contribution in [1.82, 2.24) is 10.2 Å². The van der Waals surface area contributed by atoms with Crippen LogP contribution >= 0.6 is 0 Å². The molecule has 1 heterocycles. The summed E-state index contributed by atoms with van der Waals surface area (Å²) in [6.07, 6.45) is 0. The molecule has 0 atom stereocenters. The standard InChI is InChI=1S/C52H32N2/c1-2-16-35-33(14-1)15-13-20-39(35)50-31-30-49(53-54-50)34-28-29-44-40(32-34)38-19-5-8-23-43(38)52(44)47-26-11-9-24-45(47)51(46-25-10-12-27-48(46)52)41-21-6-3-17-36(41)37-18-4-7-22-42(37)51/h1-32H. The number of aromatic nitrogens is 2. The van der Waals surface area contributed by atoms with E-state index >= 15 is 0 Å². The third-order valence-corrected chi connectivity index (χ3v) is 12.5. The van der Waals surface area contributed by atoms with Crippen molar-refractivity contribution in [2.24, 2.45) is 0 Å². The number of benzene rings is 8. The fourth-order valence-electron chi connectivity index (χ4n) is 10.5. The Bertz CT molecular complexity index is 2910. The molecule has 0 fully saturated rings. The van der Waals surface area contributed by atoms with Crippen LogP contribution < -0.4 is 0 Å². The van der Waals surface area contributed by atoms with E-state index in [1.807, 2.05) is 0 Å². The molecule has 54 heavy (non-hydrogen) atoms. The highest BCUT2D eigenvalue weighted by Crippen LogP contribution is 2.67. The maximum Gasteiger partial charge on any atom is 0.0936 e. The van der Waals surface area contributed by atoms with Crippen molar-refractivity contribution in [2.45, 2.75) is 10.8 Å². The van der Waals surface area contributed by atoms with Gasteiger partial charge < -0.3 is 0 Å². The van der Waals surface area contributed by atoms with Gasteiger partial charge >= 0.3 is 0 Å². The van der Waals surface area contributed by atoms with Gasteiger partial charge in [-0.25, -0.2) is 0 Å². The van der Waals surface area contributed by atoms with Crippen LogP contribution in [0.15, 0.2) is 194 Å². The molecule has 9 aromatic rings. The Kier molecular flexibility index (Phi) is 5.94. The molecule has 2 spiro atoms. The van der Waals surface area contributed by atoms with Crippen molar-refractivity contribution in [3.8, 4) is 44.8 Å². The molecule has 0 amide bonds. The van der Waals surface area contributed by atoms with Crippen LogP contribution in [0.5, 0.6) is 0 Å². The van der Waals surface area contributed by atoms with Crippen molar-refractivity contribution in [1.29, 1.82) is 0 Å². The molecule has 0 unspecified atom stereocenters. The third-order valence-electron chi connectivity index (χ3n) is 12.5. The largest absolute Gasteiger partial charge is 0.150 e. The van der Waals surface area contributed by atoms with Crippen LogP contribution in [-0.4, -0.2) is 10.2 Å². The molecule has 0 radical (unpaired) electrons. The van der Waals surface area contributed by atoms with Crippen molar-refractivity contribution < 1.29 is 0 Å². The lowest BCUT2D eigenvalue weighted by Gasteiger charge is -2.48. The molecule has 2 heteroatoms. The summed E-state index contributed by atoms with van der Waals surface area (Å²) in [7, 11) is 0. The molecule has 8 aromatic carbocycles. The van der Waals surface area contributed by atoms with Gasteiger partial charge in [0.1, 0.15) is 0 Å². The van der Waals surface area contributed by atoms with E-state index in [1.54, 1.807) is 0 Å². The summed E-state index contributed by atoms with van der Waals surface area (Å²) < 4.78 is 0. The Morgan fingerprint density at radius 2 is 0.685 bits per heavy atom. The summed E-state index contributed by atoms with van der Waals surface area (Å²) >= 11 is 0. The predicted octanol–water partition coefficient (Wildman–Crippen LogP) is 12.0. The van der Waals surface area contributed by atoms with Crippen molar-refractivity contribution in [2.75, 3.05) is 0 Å². The number of fused-ring (bicyclic) bond motifs is 17. The summed E-state index contributed by atoms with van der Waals surface area (Å²) in [6.45, 7) is 0. The van der Waals surface area contributed by atoms with Gasteiger partial charge in [-0.3, -0.25) is 0 Å². The second-order valence-corrected chi connectivity index (χ2v) is 14.8. The lowest BCUT2D eigenvalue weighted by atomic mass is 9.52. The second kappa shape index (κ2) is 10.8. The zero-order chi connectivity index (χ0) is 35.4. The van der Waals surface area contributed by atoms with Crippen LogP contribution in [0.4, 0.5) is 0 Å². The summed E-state index contributed by atoms with van der Waals surface area (Å²) in [6, 6.07) is 71.7. The number of nitrogens with zero attached hydrogens (tertiary/aromatic N) is 2. The van der Waals surface area contributed by atoms with E-state index in [9.17, 15) is 0 Å². The second-order valence-electron chi connectivity index (χ2n) is 14.8. The summed E-state index contributed by atoms with van der Waals surface area (Å²) in [5, 5.41) is 12.0. The highest BCUT2D eigenvalue weighted by Gasteiger charge is 2.58. The molecule has 0 saturated carbocycles. The van der Waals surface area contributed by atoms with Gasteiger partial charge in [-0.1, -0.05) is 176 Å². The van der Waals surface area contributed by atoms with Crippen molar-refractivity contribution in [3.63, 3.8) is 0 Å². The molecule has 250 valence electrons. The fourth-order valence-corrected chi connectivity index (χ4v) is 10.5. The van der Waals surface area contributed by atoms with E-state index in [-0.39, 0.29) is 0 Å². The highest BCUT2D eigenvalue weighted by atomic mass is 15.1. The van der Waals surface area contributed by atoms with Crippen LogP contribution in [0, 0.1) is 0 Å². The predicted molar refractivity (Wildman–Crippen MR) is 219 cm³/mol. The first-order valence-corrected chi connectivity index (χ1v) is 18.8. The molecule has 0 bridgehead atoms. The first-order valence-electron chi connectivity index (χ1n) is 18.8. The average Bonchev–Trinajstić information content (AvgIpc) is 3.71. The van der Waals surface area contributed by atoms with E-state index < -0.39 is 10.8 Å². The zero-order valence-electron chi connectivity index (χ0n) is 29.4. The normalized spacial score (nSPS) is 14.6. The van der Waals surface area contributed by atoms with Crippen molar-refractivity contribution in [3.05, 3.63) is 239 Å². The van der Waals surface area contributed by atoms with Gasteiger partial charge in [-0.15, -0.1) is 10.2 Å². The van der Waals surface area contributed by atoms with E-state index in [4.69, 9.17) is 10.2 Å². The van der Waals surface area contributed by atoms with E-state index in [0.717, 1.165) is 22.5 Å². The van der Waals surface area contributed by atoms with Crippen LogP contribution in [-0.2, 0) is 10.8 Å². The van der Waals surface area contributed by atoms with Crippen LogP contribution in [0.3, 0.4) is 0 Å². The smallest absolute Gasteiger partial charge is 0.0936 e. The topological polar surface area (TPSA) is 25.8 Å². The molecular formula is C52H32N2. The maximum atomic E-state index is 4.83. The first kappa shape index (κ1) is 29.7. The first-order chi connectivity index (χ1) is 26.8. The van der Waals surface area contributed by atoms with Gasteiger partial charge in [0.05, 0.1) is 22.2 Å². The minimum Gasteiger partial charge on any atom is -0.150 e.